The third-order valence-electron chi connectivity index (χ3n) is 0.791. The van der Waals surface area contributed by atoms with E-state index >= 15 is 0 Å². The van der Waals surface area contributed by atoms with Crippen LogP contribution in [-0.2, 0) is 37.7 Å². The van der Waals surface area contributed by atoms with Crippen molar-refractivity contribution < 1.29 is 47.4 Å². The van der Waals surface area contributed by atoms with Crippen LogP contribution in [0.5, 0.6) is 0 Å². The molecule has 0 aliphatic rings. The van der Waals surface area contributed by atoms with Gasteiger partial charge in [-0.15, -0.1) is 0 Å². The minimum absolute atomic E-state index is 0. The van der Waals surface area contributed by atoms with Gasteiger partial charge in [-0.25, -0.2) is 9.13 Å². The van der Waals surface area contributed by atoms with E-state index in [9.17, 15) is 9.13 Å². The van der Waals surface area contributed by atoms with Crippen LogP contribution < -0.4 is 0 Å². The van der Waals surface area contributed by atoms with E-state index < -0.39 is 13.6 Å². The molecule has 0 aromatic heterocycles. The van der Waals surface area contributed by atoms with Crippen molar-refractivity contribution in [2.24, 2.45) is 0 Å². The van der Waals surface area contributed by atoms with Gasteiger partial charge in [-0.3, -0.25) is 0 Å². The molecule has 2 N–H and O–H groups in total. The molecule has 0 aromatic carbocycles. The minimum atomic E-state index is -4.07. The second-order valence-electron chi connectivity index (χ2n) is 1.85. The molecule has 0 aromatic rings. The third-order valence-corrected chi connectivity index (χ3v) is 7.96. The van der Waals surface area contributed by atoms with Crippen LogP contribution in [0.2, 0.25) is 0 Å². The van der Waals surface area contributed by atoms with E-state index in [0.717, 1.165) is 0 Å². The summed E-state index contributed by atoms with van der Waals surface area (Å²) in [5, 5.41) is 0. The second kappa shape index (κ2) is 7.53. The van der Waals surface area contributed by atoms with E-state index in [1.54, 1.807) is 0 Å². The van der Waals surface area contributed by atoms with E-state index in [1.807, 2.05) is 0 Å². The van der Waals surface area contributed by atoms with Crippen LogP contribution in [-0.4, -0.2) is 23.0 Å². The Bertz CT molecular complexity index is 224. The van der Waals surface area contributed by atoms with Crippen molar-refractivity contribution in [1.29, 1.82) is 0 Å². The summed E-state index contributed by atoms with van der Waals surface area (Å²) in [5.41, 5.74) is 0. The molecule has 10 heteroatoms. The molecular weight excluding hydrogens is 303 g/mol. The predicted octanol–water partition coefficient (Wildman–Crippen LogP) is 1.99. The predicted molar refractivity (Wildman–Crippen MR) is 50.5 cm³/mol. The molecular formula is C4H12O6P2SZn+2. The van der Waals surface area contributed by atoms with Gasteiger partial charge in [0, 0.05) is 0 Å². The fraction of sp³-hybridized carbons (Fsp3) is 1.00. The van der Waals surface area contributed by atoms with Crippen LogP contribution in [0.3, 0.4) is 0 Å². The Labute approximate surface area is 99.1 Å². The Kier molecular flexibility index (Phi) is 9.50. The molecule has 2 atom stereocenters. The van der Waals surface area contributed by atoms with Gasteiger partial charge in [-0.05, 0) is 13.8 Å². The first-order valence-electron chi connectivity index (χ1n) is 3.49. The number of rotatable bonds is 6. The Morgan fingerprint density at radius 1 is 1.07 bits per heavy atom. The summed E-state index contributed by atoms with van der Waals surface area (Å²) in [4.78, 5) is 17.9. The molecule has 0 radical (unpaired) electrons. The van der Waals surface area contributed by atoms with Gasteiger partial charge in [0.1, 0.15) is 0 Å². The monoisotopic (exact) mass is 314 g/mol. The standard InChI is InChI=1S/C4H12O6P2S.Zn/c1-3-9-11(5,6)13-12(7,8)10-4-2;/h3-4H2,1-2H3,(H,5,6)(H,7,8);/q;+2. The normalized spacial score (nSPS) is 19.1. The first-order chi connectivity index (χ1) is 5.83. The fourth-order valence-electron chi connectivity index (χ4n) is 0.504. The molecule has 0 aliphatic carbocycles. The average molecular weight is 316 g/mol. The first-order valence-corrected chi connectivity index (χ1v) is 8.67. The Morgan fingerprint density at radius 3 is 1.57 bits per heavy atom. The molecule has 0 heterocycles. The summed E-state index contributed by atoms with van der Waals surface area (Å²) in [6, 6.07) is 0. The van der Waals surface area contributed by atoms with E-state index in [1.165, 1.54) is 13.8 Å². The average Bonchev–Trinajstić information content (AvgIpc) is 1.82. The van der Waals surface area contributed by atoms with Crippen LogP contribution in [0.1, 0.15) is 13.8 Å². The van der Waals surface area contributed by atoms with Crippen molar-refractivity contribution in [3.05, 3.63) is 0 Å². The second-order valence-corrected chi connectivity index (χ2v) is 9.14. The summed E-state index contributed by atoms with van der Waals surface area (Å²) in [6.45, 7) is -5.13. The molecule has 0 rings (SSSR count). The number of hydrogen-bond donors (Lipinski definition) is 2. The molecule has 0 amide bonds. The topological polar surface area (TPSA) is 93.1 Å². The molecule has 0 spiro atoms. The molecule has 0 aliphatic heterocycles. The van der Waals surface area contributed by atoms with E-state index in [2.05, 4.69) is 9.05 Å². The zero-order valence-corrected chi connectivity index (χ0v) is 13.5. The molecule has 80 valence electrons. The van der Waals surface area contributed by atoms with Crippen molar-refractivity contribution in [2.45, 2.75) is 13.8 Å². The molecule has 2 unspecified atom stereocenters. The maximum absolute atomic E-state index is 11.0. The Hall–Kier alpha value is 1.27. The SMILES string of the molecule is CCOP(=O)(O)SP(=O)(O)OCC.[Zn+2]. The van der Waals surface area contributed by atoms with Gasteiger partial charge in [0.2, 0.25) is 0 Å². The zero-order valence-electron chi connectivity index (χ0n) is 7.95. The zero-order chi connectivity index (χ0) is 10.5. The van der Waals surface area contributed by atoms with Crippen molar-refractivity contribution in [1.82, 2.24) is 0 Å². The molecule has 0 saturated heterocycles. The van der Waals surface area contributed by atoms with Gasteiger partial charge in [0.25, 0.3) is 0 Å². The maximum Gasteiger partial charge on any atom is 2.00 e. The number of hydrogen-bond acceptors (Lipinski definition) is 5. The van der Waals surface area contributed by atoms with Crippen molar-refractivity contribution in [3.8, 4) is 0 Å². The molecule has 0 saturated carbocycles. The van der Waals surface area contributed by atoms with Crippen LogP contribution in [0.4, 0.5) is 0 Å². The largest absolute Gasteiger partial charge is 2.00 e. The first kappa shape index (κ1) is 17.7. The van der Waals surface area contributed by atoms with Crippen LogP contribution >= 0.6 is 24.6 Å². The summed E-state index contributed by atoms with van der Waals surface area (Å²) >= 11 is -0.0689. The van der Waals surface area contributed by atoms with Gasteiger partial charge in [0.05, 0.1) is 24.2 Å². The summed E-state index contributed by atoms with van der Waals surface area (Å²) in [7, 11) is 0. The van der Waals surface area contributed by atoms with Gasteiger partial charge in [-0.1, -0.05) is 0 Å². The van der Waals surface area contributed by atoms with Crippen LogP contribution in [0, 0.1) is 0 Å². The van der Waals surface area contributed by atoms with Gasteiger partial charge >= 0.3 is 33.1 Å². The van der Waals surface area contributed by atoms with Crippen molar-refractivity contribution in [2.75, 3.05) is 13.2 Å². The molecule has 0 bridgehead atoms. The quantitative estimate of drug-likeness (QED) is 0.572. The molecule has 0 fully saturated rings. The van der Waals surface area contributed by atoms with Crippen molar-refractivity contribution in [3.63, 3.8) is 0 Å². The van der Waals surface area contributed by atoms with E-state index in [4.69, 9.17) is 9.79 Å². The summed E-state index contributed by atoms with van der Waals surface area (Å²) in [6.07, 6.45) is 0. The minimum Gasteiger partial charge on any atom is -0.316 e. The maximum atomic E-state index is 11.0. The third kappa shape index (κ3) is 8.57. The Morgan fingerprint density at radius 2 is 1.36 bits per heavy atom. The van der Waals surface area contributed by atoms with E-state index in [-0.39, 0.29) is 43.7 Å². The smallest absolute Gasteiger partial charge is 0.316 e. The Balaban J connectivity index is 0. The van der Waals surface area contributed by atoms with Gasteiger partial charge in [0.15, 0.2) is 0 Å². The van der Waals surface area contributed by atoms with Gasteiger partial charge < -0.3 is 18.8 Å². The summed E-state index contributed by atoms with van der Waals surface area (Å²) in [5.74, 6) is 0. The van der Waals surface area contributed by atoms with Gasteiger partial charge in [-0.2, -0.15) is 0 Å². The summed E-state index contributed by atoms with van der Waals surface area (Å²) < 4.78 is 30.7. The van der Waals surface area contributed by atoms with Crippen LogP contribution in [0.15, 0.2) is 0 Å². The fourth-order valence-corrected chi connectivity index (χ4v) is 6.40. The molecule has 14 heavy (non-hydrogen) atoms. The van der Waals surface area contributed by atoms with Crippen LogP contribution in [0.25, 0.3) is 0 Å². The van der Waals surface area contributed by atoms with E-state index in [0.29, 0.717) is 0 Å². The molecule has 6 nitrogen and oxygen atoms in total. The van der Waals surface area contributed by atoms with Crippen molar-refractivity contribution >= 4 is 24.6 Å².